The van der Waals surface area contributed by atoms with Crippen LogP contribution in [0.25, 0.3) is 5.57 Å². The van der Waals surface area contributed by atoms with Gasteiger partial charge < -0.3 is 5.32 Å². The predicted octanol–water partition coefficient (Wildman–Crippen LogP) is 4.11. The minimum atomic E-state index is -3.59. The number of hydrogen-bond acceptors (Lipinski definition) is 6. The fourth-order valence-electron chi connectivity index (χ4n) is 2.26. The fraction of sp³-hybridized carbons (Fsp3) is 0.294. The van der Waals surface area contributed by atoms with Crippen LogP contribution in [0.5, 0.6) is 0 Å². The average Bonchev–Trinajstić information content (AvgIpc) is 3.04. The maximum absolute atomic E-state index is 12.7. The van der Waals surface area contributed by atoms with Gasteiger partial charge in [-0.2, -0.15) is 9.57 Å². The molecule has 0 aliphatic heterocycles. The van der Waals surface area contributed by atoms with E-state index in [0.29, 0.717) is 34.4 Å². The lowest BCUT2D eigenvalue weighted by atomic mass is 10.3. The summed E-state index contributed by atoms with van der Waals surface area (Å²) >= 11 is 7.54. The van der Waals surface area contributed by atoms with Crippen molar-refractivity contribution in [2.24, 2.45) is 0 Å². The monoisotopic (exact) mass is 410 g/mol. The zero-order valence-electron chi connectivity index (χ0n) is 14.7. The van der Waals surface area contributed by atoms with Crippen LogP contribution in [-0.4, -0.2) is 30.8 Å². The third-order valence-electron chi connectivity index (χ3n) is 3.62. The number of nitrogens with zero attached hydrogens (tertiary/aromatic N) is 3. The molecule has 1 aromatic heterocycles. The lowest BCUT2D eigenvalue weighted by molar-refractivity contribution is 0.445. The van der Waals surface area contributed by atoms with E-state index < -0.39 is 10.0 Å². The summed E-state index contributed by atoms with van der Waals surface area (Å²) in [7, 11) is -3.59. The highest BCUT2D eigenvalue weighted by Gasteiger charge is 2.22. The lowest BCUT2D eigenvalue weighted by Crippen LogP contribution is -2.30. The van der Waals surface area contributed by atoms with Crippen LogP contribution in [0.2, 0.25) is 5.02 Å². The van der Waals surface area contributed by atoms with Crippen molar-refractivity contribution in [3.8, 4) is 6.07 Å². The molecule has 0 unspecified atom stereocenters. The molecule has 1 N–H and O–H groups in total. The number of nitriles is 1. The third-order valence-corrected chi connectivity index (χ3v) is 6.99. The van der Waals surface area contributed by atoms with Gasteiger partial charge in [0.15, 0.2) is 0 Å². The Balaban J connectivity index is 2.36. The van der Waals surface area contributed by atoms with E-state index in [1.54, 1.807) is 13.8 Å². The number of halogens is 1. The van der Waals surface area contributed by atoms with E-state index >= 15 is 0 Å². The Hall–Kier alpha value is -1.92. The van der Waals surface area contributed by atoms with Gasteiger partial charge in [-0.25, -0.2) is 13.4 Å². The maximum atomic E-state index is 12.7. The van der Waals surface area contributed by atoms with Crippen molar-refractivity contribution >= 4 is 44.2 Å². The third kappa shape index (κ3) is 4.43. The van der Waals surface area contributed by atoms with E-state index in [-0.39, 0.29) is 4.90 Å². The van der Waals surface area contributed by atoms with Gasteiger partial charge in [-0.3, -0.25) is 0 Å². The standard InChI is InChI=1S/C17H19ClN4O2S2/c1-4-22(5-2)26(23,24)14-6-7-15(18)16(8-14)20-10-13(9-19)17-21-12(3)11-25-17/h6-8,10-11,20H,4-5H2,1-3H3/b13-10+. The quantitative estimate of drug-likeness (QED) is 0.694. The Morgan fingerprint density at radius 2 is 2.12 bits per heavy atom. The minimum absolute atomic E-state index is 0.144. The number of allylic oxidation sites excluding steroid dienone is 1. The van der Waals surface area contributed by atoms with Gasteiger partial charge >= 0.3 is 0 Å². The first-order valence-electron chi connectivity index (χ1n) is 7.92. The van der Waals surface area contributed by atoms with Crippen LogP contribution in [0.1, 0.15) is 24.5 Å². The number of benzene rings is 1. The first-order chi connectivity index (χ1) is 12.3. The molecule has 2 rings (SSSR count). The Labute approximate surface area is 162 Å². The molecule has 0 amide bonds. The number of aryl methyl sites for hydroxylation is 1. The van der Waals surface area contributed by atoms with Crippen molar-refractivity contribution < 1.29 is 8.42 Å². The van der Waals surface area contributed by atoms with Gasteiger partial charge in [0.2, 0.25) is 10.0 Å². The smallest absolute Gasteiger partial charge is 0.243 e. The average molecular weight is 411 g/mol. The molecule has 0 bridgehead atoms. The molecular formula is C17H19ClN4O2S2. The van der Waals surface area contributed by atoms with Gasteiger partial charge in [0.25, 0.3) is 0 Å². The zero-order chi connectivity index (χ0) is 19.3. The molecule has 138 valence electrons. The molecule has 0 radical (unpaired) electrons. The topological polar surface area (TPSA) is 86.1 Å². The Morgan fingerprint density at radius 1 is 1.42 bits per heavy atom. The normalized spacial score (nSPS) is 12.2. The SMILES string of the molecule is CCN(CC)S(=O)(=O)c1ccc(Cl)c(N/C=C(\C#N)c2nc(C)cs2)c1. The van der Waals surface area contributed by atoms with E-state index in [4.69, 9.17) is 11.6 Å². The number of thiazole rings is 1. The summed E-state index contributed by atoms with van der Waals surface area (Å²) in [5, 5.41) is 15.0. The van der Waals surface area contributed by atoms with Gasteiger partial charge in [-0.05, 0) is 25.1 Å². The summed E-state index contributed by atoms with van der Waals surface area (Å²) < 4.78 is 26.7. The highest BCUT2D eigenvalue weighted by molar-refractivity contribution is 7.89. The number of nitrogens with one attached hydrogen (secondary N) is 1. The van der Waals surface area contributed by atoms with Crippen molar-refractivity contribution in [2.75, 3.05) is 18.4 Å². The van der Waals surface area contributed by atoms with Gasteiger partial charge in [-0.15, -0.1) is 11.3 Å². The summed E-state index contributed by atoms with van der Waals surface area (Å²) in [5.41, 5.74) is 1.58. The van der Waals surface area contributed by atoms with Crippen molar-refractivity contribution in [1.82, 2.24) is 9.29 Å². The van der Waals surface area contributed by atoms with Crippen LogP contribution in [0.15, 0.2) is 34.7 Å². The first-order valence-corrected chi connectivity index (χ1v) is 10.6. The highest BCUT2D eigenvalue weighted by atomic mass is 35.5. The van der Waals surface area contributed by atoms with Crippen LogP contribution in [-0.2, 0) is 10.0 Å². The van der Waals surface area contributed by atoms with Crippen LogP contribution in [0.3, 0.4) is 0 Å². The molecule has 1 aromatic carbocycles. The summed E-state index contributed by atoms with van der Waals surface area (Å²) in [6.07, 6.45) is 1.48. The van der Waals surface area contributed by atoms with E-state index in [9.17, 15) is 13.7 Å². The van der Waals surface area contributed by atoms with Crippen LogP contribution >= 0.6 is 22.9 Å². The summed E-state index contributed by atoms with van der Waals surface area (Å²) in [6.45, 7) is 6.18. The van der Waals surface area contributed by atoms with Gasteiger partial charge in [0, 0.05) is 30.4 Å². The van der Waals surface area contributed by atoms with Crippen molar-refractivity contribution in [2.45, 2.75) is 25.7 Å². The van der Waals surface area contributed by atoms with Crippen LogP contribution in [0.4, 0.5) is 5.69 Å². The molecule has 9 heteroatoms. The molecular weight excluding hydrogens is 392 g/mol. The second-order valence-electron chi connectivity index (χ2n) is 5.34. The Morgan fingerprint density at radius 3 is 2.65 bits per heavy atom. The number of aromatic nitrogens is 1. The summed E-state index contributed by atoms with van der Waals surface area (Å²) in [5.74, 6) is 0. The molecule has 0 aliphatic carbocycles. The number of rotatable bonds is 7. The van der Waals surface area contributed by atoms with Crippen molar-refractivity contribution in [1.29, 1.82) is 5.26 Å². The molecule has 0 saturated carbocycles. The molecule has 26 heavy (non-hydrogen) atoms. The van der Waals surface area contributed by atoms with Crippen molar-refractivity contribution in [3.63, 3.8) is 0 Å². The Bertz CT molecular complexity index is 957. The van der Waals surface area contributed by atoms with Crippen LogP contribution < -0.4 is 5.32 Å². The molecule has 2 aromatic rings. The van der Waals surface area contributed by atoms with Crippen LogP contribution in [0, 0.1) is 18.3 Å². The maximum Gasteiger partial charge on any atom is 0.243 e. The first kappa shape index (κ1) is 20.4. The molecule has 0 aliphatic rings. The second kappa shape index (κ2) is 8.64. The Kier molecular flexibility index (Phi) is 6.78. The number of anilines is 1. The van der Waals surface area contributed by atoms with Crippen molar-refractivity contribution in [3.05, 3.63) is 45.5 Å². The molecule has 1 heterocycles. The number of hydrogen-bond donors (Lipinski definition) is 1. The van der Waals surface area contributed by atoms with E-state index in [0.717, 1.165) is 5.69 Å². The second-order valence-corrected chi connectivity index (χ2v) is 8.54. The van der Waals surface area contributed by atoms with Gasteiger partial charge in [0.1, 0.15) is 16.6 Å². The van der Waals surface area contributed by atoms with E-state index in [2.05, 4.69) is 16.4 Å². The molecule has 0 spiro atoms. The van der Waals surface area contributed by atoms with Gasteiger partial charge in [-0.1, -0.05) is 25.4 Å². The van der Waals surface area contributed by atoms with E-state index in [1.165, 1.54) is 40.0 Å². The number of sulfonamides is 1. The molecule has 0 saturated heterocycles. The van der Waals surface area contributed by atoms with E-state index in [1.807, 2.05) is 12.3 Å². The molecule has 6 nitrogen and oxygen atoms in total. The largest absolute Gasteiger partial charge is 0.359 e. The lowest BCUT2D eigenvalue weighted by Gasteiger charge is -2.19. The highest BCUT2D eigenvalue weighted by Crippen LogP contribution is 2.28. The summed E-state index contributed by atoms with van der Waals surface area (Å²) in [4.78, 5) is 4.41. The predicted molar refractivity (Wildman–Crippen MR) is 106 cm³/mol. The molecule has 0 atom stereocenters. The molecule has 0 fully saturated rings. The fourth-order valence-corrected chi connectivity index (χ4v) is 4.68. The zero-order valence-corrected chi connectivity index (χ0v) is 17.0. The van der Waals surface area contributed by atoms with Gasteiger partial charge in [0.05, 0.1) is 15.6 Å². The minimum Gasteiger partial charge on any atom is -0.359 e. The summed E-state index contributed by atoms with van der Waals surface area (Å²) in [6, 6.07) is 6.54.